The molecule has 2 atom stereocenters. The molecular weight excluding hydrogens is 394 g/mol. The number of hydrogen-bond acceptors (Lipinski definition) is 2. The van der Waals surface area contributed by atoms with Crippen LogP contribution in [0.4, 0.5) is 0 Å². The standard InChI is InChI=1S/C29H33NO2/c1-28(2,3)26(31)25-20-13-21-30(25)27(32)29(22-14-7-4-8-15-22,23-16-9-5-10-17-23)24-18-11-6-12-19-24/h4-12,14-19,25-26,31H,13,20-21H2,1-3H3. The molecule has 0 aromatic heterocycles. The number of benzene rings is 3. The van der Waals surface area contributed by atoms with Crippen molar-refractivity contribution in [2.75, 3.05) is 6.54 Å². The SMILES string of the molecule is CC(C)(C)C(O)C1CCCN1C(=O)C(c1ccccc1)(c1ccccc1)c1ccccc1. The molecule has 4 rings (SSSR count). The Labute approximate surface area is 191 Å². The lowest BCUT2D eigenvalue weighted by Gasteiger charge is -2.42. The van der Waals surface area contributed by atoms with Crippen molar-refractivity contribution in [2.45, 2.75) is 51.2 Å². The van der Waals surface area contributed by atoms with Gasteiger partial charge in [-0.25, -0.2) is 0 Å². The van der Waals surface area contributed by atoms with Crippen LogP contribution >= 0.6 is 0 Å². The summed E-state index contributed by atoms with van der Waals surface area (Å²) < 4.78 is 0. The molecule has 0 saturated carbocycles. The summed E-state index contributed by atoms with van der Waals surface area (Å²) in [5.41, 5.74) is 1.54. The lowest BCUT2D eigenvalue weighted by molar-refractivity contribution is -0.139. The third-order valence-corrected chi connectivity index (χ3v) is 6.75. The topological polar surface area (TPSA) is 40.5 Å². The monoisotopic (exact) mass is 427 g/mol. The second-order valence-corrected chi connectivity index (χ2v) is 9.87. The Hall–Kier alpha value is -2.91. The Morgan fingerprint density at radius 1 is 0.812 bits per heavy atom. The molecule has 32 heavy (non-hydrogen) atoms. The Bertz CT molecular complexity index is 928. The van der Waals surface area contributed by atoms with Gasteiger partial charge in [0.15, 0.2) is 0 Å². The third-order valence-electron chi connectivity index (χ3n) is 6.75. The number of carbonyl (C=O) groups excluding carboxylic acids is 1. The van der Waals surface area contributed by atoms with Crippen molar-refractivity contribution in [3.63, 3.8) is 0 Å². The van der Waals surface area contributed by atoms with Crippen LogP contribution in [0.25, 0.3) is 0 Å². The average Bonchev–Trinajstić information content (AvgIpc) is 3.30. The molecule has 0 aliphatic carbocycles. The summed E-state index contributed by atoms with van der Waals surface area (Å²) in [4.78, 5) is 16.7. The first-order chi connectivity index (χ1) is 15.4. The van der Waals surface area contributed by atoms with Crippen LogP contribution in [0.5, 0.6) is 0 Å². The van der Waals surface area contributed by atoms with Crippen molar-refractivity contribution >= 4 is 5.91 Å². The van der Waals surface area contributed by atoms with E-state index in [0.717, 1.165) is 29.5 Å². The molecule has 1 aliphatic heterocycles. The number of aliphatic hydroxyl groups is 1. The van der Waals surface area contributed by atoms with Gasteiger partial charge in [0.05, 0.1) is 12.1 Å². The molecule has 1 fully saturated rings. The molecule has 0 bridgehead atoms. The van der Waals surface area contributed by atoms with Crippen LogP contribution < -0.4 is 0 Å². The zero-order valence-electron chi connectivity index (χ0n) is 19.2. The zero-order valence-corrected chi connectivity index (χ0v) is 19.2. The van der Waals surface area contributed by atoms with E-state index in [1.165, 1.54) is 0 Å². The molecule has 1 heterocycles. The maximum absolute atomic E-state index is 14.7. The minimum Gasteiger partial charge on any atom is -0.390 e. The van der Waals surface area contributed by atoms with Crippen LogP contribution in [0, 0.1) is 5.41 Å². The Morgan fingerprint density at radius 2 is 1.22 bits per heavy atom. The van der Waals surface area contributed by atoms with E-state index in [1.807, 2.05) is 117 Å². The molecule has 0 radical (unpaired) electrons. The van der Waals surface area contributed by atoms with Gasteiger partial charge >= 0.3 is 0 Å². The zero-order chi connectivity index (χ0) is 22.8. The average molecular weight is 428 g/mol. The summed E-state index contributed by atoms with van der Waals surface area (Å²) in [5.74, 6) is 0.0342. The molecule has 1 amide bonds. The van der Waals surface area contributed by atoms with Gasteiger partial charge in [-0.2, -0.15) is 0 Å². The molecule has 3 aromatic carbocycles. The predicted octanol–water partition coefficient (Wildman–Crippen LogP) is 5.42. The molecule has 1 N–H and O–H groups in total. The Kier molecular flexibility index (Phi) is 6.21. The molecule has 1 aliphatic rings. The Morgan fingerprint density at radius 3 is 1.59 bits per heavy atom. The van der Waals surface area contributed by atoms with E-state index >= 15 is 0 Å². The molecule has 166 valence electrons. The van der Waals surface area contributed by atoms with E-state index in [2.05, 4.69) is 0 Å². The molecule has 3 aromatic rings. The van der Waals surface area contributed by atoms with Crippen LogP contribution in [0.1, 0.15) is 50.3 Å². The normalized spacial score (nSPS) is 17.9. The Balaban J connectivity index is 1.95. The minimum absolute atomic E-state index is 0.0342. The number of carbonyl (C=O) groups is 1. The number of hydrogen-bond donors (Lipinski definition) is 1. The quantitative estimate of drug-likeness (QED) is 0.553. The summed E-state index contributed by atoms with van der Waals surface area (Å²) in [6, 6.07) is 30.0. The third kappa shape index (κ3) is 3.86. The fourth-order valence-electron chi connectivity index (χ4n) is 5.10. The summed E-state index contributed by atoms with van der Waals surface area (Å²) in [5, 5.41) is 11.2. The van der Waals surface area contributed by atoms with Gasteiger partial charge in [0, 0.05) is 6.54 Å². The smallest absolute Gasteiger partial charge is 0.242 e. The highest BCUT2D eigenvalue weighted by Crippen LogP contribution is 2.43. The molecule has 3 heteroatoms. The van der Waals surface area contributed by atoms with Gasteiger partial charge in [-0.15, -0.1) is 0 Å². The first-order valence-corrected chi connectivity index (χ1v) is 11.5. The molecule has 0 spiro atoms. The summed E-state index contributed by atoms with van der Waals surface area (Å²) in [7, 11) is 0. The van der Waals surface area contributed by atoms with Crippen molar-refractivity contribution in [3.05, 3.63) is 108 Å². The van der Waals surface area contributed by atoms with Crippen LogP contribution in [0.2, 0.25) is 0 Å². The lowest BCUT2D eigenvalue weighted by atomic mass is 9.68. The number of amides is 1. The number of aliphatic hydroxyl groups excluding tert-OH is 1. The van der Waals surface area contributed by atoms with Gasteiger partial charge in [0.2, 0.25) is 5.91 Å². The second-order valence-electron chi connectivity index (χ2n) is 9.87. The first-order valence-electron chi connectivity index (χ1n) is 11.5. The number of rotatable bonds is 5. The van der Waals surface area contributed by atoms with Crippen LogP contribution in [0.15, 0.2) is 91.0 Å². The lowest BCUT2D eigenvalue weighted by Crippen LogP contribution is -2.54. The summed E-state index contributed by atoms with van der Waals surface area (Å²) in [6.07, 6.45) is 1.13. The molecule has 2 unspecified atom stereocenters. The maximum atomic E-state index is 14.7. The largest absolute Gasteiger partial charge is 0.390 e. The fourth-order valence-corrected chi connectivity index (χ4v) is 5.10. The van der Waals surface area contributed by atoms with E-state index in [0.29, 0.717) is 6.54 Å². The van der Waals surface area contributed by atoms with Gasteiger partial charge in [-0.05, 0) is 34.9 Å². The van der Waals surface area contributed by atoms with Crippen molar-refractivity contribution in [1.82, 2.24) is 4.90 Å². The molecular formula is C29H33NO2. The van der Waals surface area contributed by atoms with Gasteiger partial charge in [-0.3, -0.25) is 4.79 Å². The van der Waals surface area contributed by atoms with Crippen LogP contribution in [-0.2, 0) is 10.2 Å². The van der Waals surface area contributed by atoms with Crippen molar-refractivity contribution in [1.29, 1.82) is 0 Å². The number of likely N-dealkylation sites (tertiary alicyclic amines) is 1. The number of nitrogens with zero attached hydrogens (tertiary/aromatic N) is 1. The van der Waals surface area contributed by atoms with Gasteiger partial charge in [0.1, 0.15) is 5.41 Å². The van der Waals surface area contributed by atoms with Gasteiger partial charge < -0.3 is 10.0 Å². The van der Waals surface area contributed by atoms with Crippen molar-refractivity contribution in [2.24, 2.45) is 5.41 Å². The van der Waals surface area contributed by atoms with Crippen LogP contribution in [-0.4, -0.2) is 34.6 Å². The fraction of sp³-hybridized carbons (Fsp3) is 0.345. The molecule has 3 nitrogen and oxygen atoms in total. The van der Waals surface area contributed by atoms with Crippen LogP contribution in [0.3, 0.4) is 0 Å². The highest BCUT2D eigenvalue weighted by Gasteiger charge is 2.50. The van der Waals surface area contributed by atoms with E-state index in [9.17, 15) is 9.90 Å². The van der Waals surface area contributed by atoms with Crippen molar-refractivity contribution < 1.29 is 9.90 Å². The van der Waals surface area contributed by atoms with Gasteiger partial charge in [0.25, 0.3) is 0 Å². The van der Waals surface area contributed by atoms with E-state index in [-0.39, 0.29) is 17.4 Å². The predicted molar refractivity (Wildman–Crippen MR) is 129 cm³/mol. The van der Waals surface area contributed by atoms with E-state index in [4.69, 9.17) is 0 Å². The maximum Gasteiger partial charge on any atom is 0.242 e. The van der Waals surface area contributed by atoms with Gasteiger partial charge in [-0.1, -0.05) is 112 Å². The van der Waals surface area contributed by atoms with Crippen molar-refractivity contribution in [3.8, 4) is 0 Å². The second kappa shape index (κ2) is 8.91. The minimum atomic E-state index is -0.982. The van der Waals surface area contributed by atoms with E-state index in [1.54, 1.807) is 0 Å². The summed E-state index contributed by atoms with van der Waals surface area (Å²) in [6.45, 7) is 6.78. The highest BCUT2D eigenvalue weighted by molar-refractivity contribution is 5.96. The van der Waals surface area contributed by atoms with E-state index < -0.39 is 11.5 Å². The first kappa shape index (κ1) is 22.3. The molecule has 1 saturated heterocycles. The summed E-state index contributed by atoms with van der Waals surface area (Å²) >= 11 is 0. The highest BCUT2D eigenvalue weighted by atomic mass is 16.3.